The summed E-state index contributed by atoms with van der Waals surface area (Å²) in [4.78, 5) is 4.34. The zero-order valence-corrected chi connectivity index (χ0v) is 12.9. The lowest BCUT2D eigenvalue weighted by atomic mass is 10.1. The maximum Gasteiger partial charge on any atom is 0.261 e. The first kappa shape index (κ1) is 14.3. The molecule has 7 heteroatoms. The molecular weight excluding hydrogens is 302 g/mol. The largest absolute Gasteiger partial charge is 0.334 e. The standard InChI is InChI=1S/C16H16F2N4O/c1-9-3-4-13-12(8-19-22(13)10(9)2)15-20-14(21-23-15)11-5-6-16(17,18)7-11/h3-4,8,11H,5-7H2,1-2H3. The number of aryl methyl sites for hydroxylation is 2. The number of rotatable bonds is 2. The van der Waals surface area contributed by atoms with Gasteiger partial charge in [-0.15, -0.1) is 0 Å². The van der Waals surface area contributed by atoms with Gasteiger partial charge < -0.3 is 4.52 Å². The Morgan fingerprint density at radius 3 is 2.87 bits per heavy atom. The van der Waals surface area contributed by atoms with Crippen molar-refractivity contribution in [2.24, 2.45) is 0 Å². The Morgan fingerprint density at radius 2 is 2.13 bits per heavy atom. The molecule has 0 bridgehead atoms. The third kappa shape index (κ3) is 2.31. The number of nitrogens with zero attached hydrogens (tertiary/aromatic N) is 4. The minimum absolute atomic E-state index is 0.114. The van der Waals surface area contributed by atoms with Gasteiger partial charge in [0.25, 0.3) is 5.89 Å². The zero-order valence-electron chi connectivity index (χ0n) is 12.9. The maximum absolute atomic E-state index is 13.4. The van der Waals surface area contributed by atoms with Gasteiger partial charge in [-0.2, -0.15) is 10.1 Å². The number of hydrogen-bond acceptors (Lipinski definition) is 4. The van der Waals surface area contributed by atoms with Gasteiger partial charge in [0.05, 0.1) is 17.3 Å². The van der Waals surface area contributed by atoms with Crippen molar-refractivity contribution in [3.8, 4) is 11.5 Å². The van der Waals surface area contributed by atoms with Crippen molar-refractivity contribution in [3.05, 3.63) is 35.4 Å². The van der Waals surface area contributed by atoms with Crippen LogP contribution < -0.4 is 0 Å². The normalized spacial score (nSPS) is 20.4. The topological polar surface area (TPSA) is 56.2 Å². The number of fused-ring (bicyclic) bond motifs is 1. The fourth-order valence-corrected chi connectivity index (χ4v) is 3.12. The summed E-state index contributed by atoms with van der Waals surface area (Å²) in [5.74, 6) is -2.27. The van der Waals surface area contributed by atoms with Crippen molar-refractivity contribution >= 4 is 5.52 Å². The van der Waals surface area contributed by atoms with E-state index in [4.69, 9.17) is 4.52 Å². The molecule has 3 aromatic heterocycles. The quantitative estimate of drug-likeness (QED) is 0.719. The van der Waals surface area contributed by atoms with E-state index in [1.807, 2.05) is 30.5 Å². The second-order valence-electron chi connectivity index (χ2n) is 6.21. The highest BCUT2D eigenvalue weighted by molar-refractivity contribution is 5.75. The molecule has 0 saturated heterocycles. The summed E-state index contributed by atoms with van der Waals surface area (Å²) in [5, 5.41) is 8.26. The van der Waals surface area contributed by atoms with Crippen LogP contribution in [0.25, 0.3) is 17.0 Å². The molecule has 23 heavy (non-hydrogen) atoms. The minimum atomic E-state index is -2.62. The van der Waals surface area contributed by atoms with Crippen LogP contribution in [-0.4, -0.2) is 25.7 Å². The van der Waals surface area contributed by atoms with E-state index in [0.717, 1.165) is 22.3 Å². The molecule has 3 heterocycles. The predicted molar refractivity (Wildman–Crippen MR) is 79.5 cm³/mol. The van der Waals surface area contributed by atoms with Crippen molar-refractivity contribution in [3.63, 3.8) is 0 Å². The van der Waals surface area contributed by atoms with E-state index < -0.39 is 5.92 Å². The zero-order chi connectivity index (χ0) is 16.2. The molecule has 1 atom stereocenters. The molecule has 0 aromatic carbocycles. The van der Waals surface area contributed by atoms with Crippen LogP contribution in [0, 0.1) is 13.8 Å². The SMILES string of the molecule is Cc1ccc2c(-c3nc(C4CCC(F)(F)C4)no3)cnn2c1C. The van der Waals surface area contributed by atoms with Gasteiger partial charge in [-0.05, 0) is 31.9 Å². The molecule has 0 amide bonds. The second-order valence-corrected chi connectivity index (χ2v) is 6.21. The van der Waals surface area contributed by atoms with Gasteiger partial charge in [-0.3, -0.25) is 0 Å². The number of alkyl halides is 2. The summed E-state index contributed by atoms with van der Waals surface area (Å²) >= 11 is 0. The monoisotopic (exact) mass is 318 g/mol. The van der Waals surface area contributed by atoms with E-state index >= 15 is 0 Å². The van der Waals surface area contributed by atoms with E-state index in [2.05, 4.69) is 15.2 Å². The number of pyridine rings is 1. The van der Waals surface area contributed by atoms with Gasteiger partial charge in [0.15, 0.2) is 5.82 Å². The highest BCUT2D eigenvalue weighted by Gasteiger charge is 2.42. The van der Waals surface area contributed by atoms with Crippen LogP contribution in [0.1, 0.15) is 42.3 Å². The number of aromatic nitrogens is 4. The molecule has 1 unspecified atom stereocenters. The highest BCUT2D eigenvalue weighted by Crippen LogP contribution is 2.43. The molecule has 120 valence electrons. The summed E-state index contributed by atoms with van der Waals surface area (Å²) in [7, 11) is 0. The van der Waals surface area contributed by atoms with E-state index in [1.54, 1.807) is 6.20 Å². The van der Waals surface area contributed by atoms with Crippen LogP contribution in [0.4, 0.5) is 8.78 Å². The van der Waals surface area contributed by atoms with Crippen LogP contribution in [0.2, 0.25) is 0 Å². The third-order valence-electron chi connectivity index (χ3n) is 4.63. The Balaban J connectivity index is 1.71. The lowest BCUT2D eigenvalue weighted by Gasteiger charge is -2.06. The van der Waals surface area contributed by atoms with Gasteiger partial charge >= 0.3 is 0 Å². The number of halogens is 2. The molecule has 1 saturated carbocycles. The van der Waals surface area contributed by atoms with Crippen molar-refractivity contribution < 1.29 is 13.3 Å². The average Bonchev–Trinajstić information content (AvgIpc) is 3.19. The van der Waals surface area contributed by atoms with E-state index in [0.29, 0.717) is 18.1 Å². The molecule has 3 aromatic rings. The fraction of sp³-hybridized carbons (Fsp3) is 0.438. The Bertz CT molecular complexity index is 883. The molecule has 1 aliphatic carbocycles. The van der Waals surface area contributed by atoms with E-state index in [-0.39, 0.29) is 18.8 Å². The summed E-state index contributed by atoms with van der Waals surface area (Å²) < 4.78 is 33.8. The van der Waals surface area contributed by atoms with Crippen molar-refractivity contribution in [1.82, 2.24) is 19.8 Å². The Labute approximate surface area is 131 Å². The van der Waals surface area contributed by atoms with Crippen LogP contribution in [0.5, 0.6) is 0 Å². The van der Waals surface area contributed by atoms with E-state index in [9.17, 15) is 8.78 Å². The molecule has 4 rings (SSSR count). The lowest BCUT2D eigenvalue weighted by molar-refractivity contribution is 0.00749. The van der Waals surface area contributed by atoms with Crippen LogP contribution in [0.3, 0.4) is 0 Å². The Kier molecular flexibility index (Phi) is 3.01. The molecule has 0 radical (unpaired) electrons. The highest BCUT2D eigenvalue weighted by atomic mass is 19.3. The Morgan fingerprint density at radius 1 is 1.30 bits per heavy atom. The average molecular weight is 318 g/mol. The van der Waals surface area contributed by atoms with Gasteiger partial charge in [-0.1, -0.05) is 11.2 Å². The van der Waals surface area contributed by atoms with Gasteiger partial charge in [-0.25, -0.2) is 13.3 Å². The summed E-state index contributed by atoms with van der Waals surface area (Å²) in [6.45, 7) is 4.00. The van der Waals surface area contributed by atoms with Crippen LogP contribution in [0.15, 0.2) is 22.9 Å². The maximum atomic E-state index is 13.4. The van der Waals surface area contributed by atoms with Gasteiger partial charge in [0, 0.05) is 24.5 Å². The predicted octanol–water partition coefficient (Wildman–Crippen LogP) is 3.90. The van der Waals surface area contributed by atoms with Crippen molar-refractivity contribution in [2.75, 3.05) is 0 Å². The first-order valence-corrected chi connectivity index (χ1v) is 7.60. The molecule has 5 nitrogen and oxygen atoms in total. The first-order valence-electron chi connectivity index (χ1n) is 7.60. The minimum Gasteiger partial charge on any atom is -0.334 e. The van der Waals surface area contributed by atoms with Crippen LogP contribution >= 0.6 is 0 Å². The molecular formula is C16H16F2N4O. The first-order chi connectivity index (χ1) is 10.9. The van der Waals surface area contributed by atoms with Crippen LogP contribution in [-0.2, 0) is 0 Å². The molecule has 1 aliphatic rings. The smallest absolute Gasteiger partial charge is 0.261 e. The van der Waals surface area contributed by atoms with Gasteiger partial charge in [0.1, 0.15) is 0 Å². The van der Waals surface area contributed by atoms with Crippen molar-refractivity contribution in [2.45, 2.75) is 45.0 Å². The number of hydrogen-bond donors (Lipinski definition) is 0. The molecule has 1 fully saturated rings. The van der Waals surface area contributed by atoms with Crippen molar-refractivity contribution in [1.29, 1.82) is 0 Å². The molecule has 0 N–H and O–H groups in total. The summed E-state index contributed by atoms with van der Waals surface area (Å²) in [6.07, 6.45) is 1.73. The second kappa shape index (κ2) is 4.84. The van der Waals surface area contributed by atoms with Gasteiger partial charge in [0.2, 0.25) is 5.92 Å². The Hall–Kier alpha value is -2.31. The fourth-order valence-electron chi connectivity index (χ4n) is 3.12. The lowest BCUT2D eigenvalue weighted by Crippen LogP contribution is -2.09. The van der Waals surface area contributed by atoms with E-state index in [1.165, 1.54) is 0 Å². The molecule has 0 spiro atoms. The summed E-state index contributed by atoms with van der Waals surface area (Å²) in [5.41, 5.74) is 3.74. The third-order valence-corrected chi connectivity index (χ3v) is 4.63. The summed E-state index contributed by atoms with van der Waals surface area (Å²) in [6, 6.07) is 3.95. The molecule has 0 aliphatic heterocycles.